The molecule has 3 nitrogen and oxygen atoms in total. The van der Waals surface area contributed by atoms with E-state index >= 15 is 0 Å². The van der Waals surface area contributed by atoms with E-state index in [0.717, 1.165) is 30.1 Å². The van der Waals surface area contributed by atoms with Crippen LogP contribution in [0.2, 0.25) is 0 Å². The molecule has 4 aliphatic rings. The van der Waals surface area contributed by atoms with Crippen molar-refractivity contribution in [2.45, 2.75) is 78.6 Å². The first-order valence-electron chi connectivity index (χ1n) is 10.9. The quantitative estimate of drug-likeness (QED) is 0.577. The fourth-order valence-electron chi connectivity index (χ4n) is 7.84. The molecule has 0 aromatic heterocycles. The molecule has 0 saturated heterocycles. The fourth-order valence-corrected chi connectivity index (χ4v) is 7.84. The number of fused-ring (bicyclic) bond motifs is 5. The van der Waals surface area contributed by atoms with Gasteiger partial charge in [-0.25, -0.2) is 0 Å². The lowest BCUT2D eigenvalue weighted by molar-refractivity contribution is -0.102. The van der Waals surface area contributed by atoms with Crippen molar-refractivity contribution in [3.63, 3.8) is 0 Å². The SMILES string of the molecule is C[C@@H]1/C(=N/OCCN)CC[C@@]2(C)C1CC[C@H]1[C@@H]3CCC[C@@]3(C)CC[C@@H]12. The van der Waals surface area contributed by atoms with E-state index in [1.165, 1.54) is 57.1 Å². The number of nitrogens with two attached hydrogens (primary N) is 1. The minimum absolute atomic E-state index is 0.527. The Hall–Kier alpha value is -0.570. The summed E-state index contributed by atoms with van der Waals surface area (Å²) in [5.41, 5.74) is 8.04. The Morgan fingerprint density at radius 3 is 2.68 bits per heavy atom. The number of hydrogen-bond acceptors (Lipinski definition) is 3. The summed E-state index contributed by atoms with van der Waals surface area (Å²) in [5, 5.41) is 4.48. The van der Waals surface area contributed by atoms with Crippen molar-refractivity contribution in [3.05, 3.63) is 0 Å². The van der Waals surface area contributed by atoms with E-state index in [-0.39, 0.29) is 0 Å². The third kappa shape index (κ3) is 2.76. The van der Waals surface area contributed by atoms with Gasteiger partial charge in [0, 0.05) is 12.5 Å². The Morgan fingerprint density at radius 1 is 1.04 bits per heavy atom. The van der Waals surface area contributed by atoms with Crippen LogP contribution in [0.1, 0.15) is 78.6 Å². The third-order valence-corrected chi connectivity index (χ3v) is 9.16. The maximum absolute atomic E-state index is 5.54. The van der Waals surface area contributed by atoms with E-state index in [1.54, 1.807) is 0 Å². The number of oxime groups is 1. The molecule has 2 N–H and O–H groups in total. The Balaban J connectivity index is 1.54. The molecule has 4 rings (SSSR count). The number of hydrogen-bond donors (Lipinski definition) is 1. The highest BCUT2D eigenvalue weighted by Crippen LogP contribution is 2.66. The summed E-state index contributed by atoms with van der Waals surface area (Å²) in [6, 6.07) is 0. The monoisotopic (exact) mass is 346 g/mol. The first kappa shape index (κ1) is 17.8. The topological polar surface area (TPSA) is 47.6 Å². The second-order valence-electron chi connectivity index (χ2n) is 10.1. The van der Waals surface area contributed by atoms with Gasteiger partial charge in [0.25, 0.3) is 0 Å². The zero-order valence-electron chi connectivity index (χ0n) is 16.6. The van der Waals surface area contributed by atoms with Gasteiger partial charge in [-0.15, -0.1) is 0 Å². The normalized spacial score (nSPS) is 50.9. The first-order chi connectivity index (χ1) is 12.0. The largest absolute Gasteiger partial charge is 0.394 e. The summed E-state index contributed by atoms with van der Waals surface area (Å²) in [7, 11) is 0. The summed E-state index contributed by atoms with van der Waals surface area (Å²) in [6.07, 6.45) is 12.8. The molecular formula is C22H38N2O. The lowest BCUT2D eigenvalue weighted by Crippen LogP contribution is -2.55. The van der Waals surface area contributed by atoms with Gasteiger partial charge in [0.1, 0.15) is 6.61 Å². The molecule has 3 heteroatoms. The predicted octanol–water partition coefficient (Wildman–Crippen LogP) is 5.00. The minimum atomic E-state index is 0.527. The van der Waals surface area contributed by atoms with E-state index in [2.05, 4.69) is 25.9 Å². The molecule has 4 fully saturated rings. The van der Waals surface area contributed by atoms with E-state index in [1.807, 2.05) is 0 Å². The molecule has 4 saturated carbocycles. The van der Waals surface area contributed by atoms with Gasteiger partial charge in [-0.3, -0.25) is 0 Å². The summed E-state index contributed by atoms with van der Waals surface area (Å²) in [6.45, 7) is 8.76. The molecule has 7 atom stereocenters. The summed E-state index contributed by atoms with van der Waals surface area (Å²) >= 11 is 0. The molecule has 0 amide bonds. The maximum atomic E-state index is 5.54. The molecule has 0 aliphatic heterocycles. The molecule has 0 spiro atoms. The number of nitrogens with zero attached hydrogens (tertiary/aromatic N) is 1. The number of rotatable bonds is 3. The van der Waals surface area contributed by atoms with Crippen LogP contribution in [0.15, 0.2) is 5.16 Å². The maximum Gasteiger partial charge on any atom is 0.129 e. The van der Waals surface area contributed by atoms with Crippen LogP contribution >= 0.6 is 0 Å². The smallest absolute Gasteiger partial charge is 0.129 e. The van der Waals surface area contributed by atoms with Gasteiger partial charge in [-0.05, 0) is 85.9 Å². The van der Waals surface area contributed by atoms with Crippen LogP contribution in [-0.4, -0.2) is 18.9 Å². The minimum Gasteiger partial charge on any atom is -0.394 e. The highest BCUT2D eigenvalue weighted by Gasteiger charge is 2.58. The Kier molecular flexibility index (Phi) is 4.67. The van der Waals surface area contributed by atoms with Crippen LogP contribution < -0.4 is 5.73 Å². The highest BCUT2D eigenvalue weighted by atomic mass is 16.6. The van der Waals surface area contributed by atoms with Gasteiger partial charge in [-0.2, -0.15) is 0 Å². The molecule has 4 aliphatic carbocycles. The van der Waals surface area contributed by atoms with Crippen LogP contribution in [0.4, 0.5) is 0 Å². The second kappa shape index (κ2) is 6.55. The van der Waals surface area contributed by atoms with Crippen LogP contribution in [-0.2, 0) is 4.84 Å². The van der Waals surface area contributed by atoms with E-state index < -0.39 is 0 Å². The van der Waals surface area contributed by atoms with Gasteiger partial charge in [0.15, 0.2) is 0 Å². The Labute approximate surface area is 154 Å². The summed E-state index contributed by atoms with van der Waals surface area (Å²) in [4.78, 5) is 5.44. The molecule has 25 heavy (non-hydrogen) atoms. The van der Waals surface area contributed by atoms with Crippen LogP contribution in [0.5, 0.6) is 0 Å². The predicted molar refractivity (Wildman–Crippen MR) is 103 cm³/mol. The van der Waals surface area contributed by atoms with Crippen LogP contribution in [0.25, 0.3) is 0 Å². The average molecular weight is 347 g/mol. The van der Waals surface area contributed by atoms with E-state index in [0.29, 0.717) is 29.9 Å². The zero-order chi connectivity index (χ0) is 17.7. The molecule has 0 bridgehead atoms. The van der Waals surface area contributed by atoms with Gasteiger partial charge in [-0.1, -0.05) is 32.3 Å². The summed E-state index contributed by atoms with van der Waals surface area (Å²) in [5.74, 6) is 4.35. The lowest BCUT2D eigenvalue weighted by Gasteiger charge is -2.61. The second-order valence-corrected chi connectivity index (χ2v) is 10.1. The average Bonchev–Trinajstić information content (AvgIpc) is 2.99. The molecular weight excluding hydrogens is 308 g/mol. The van der Waals surface area contributed by atoms with Gasteiger partial charge < -0.3 is 10.6 Å². The summed E-state index contributed by atoms with van der Waals surface area (Å²) < 4.78 is 0. The highest BCUT2D eigenvalue weighted by molar-refractivity contribution is 5.87. The molecule has 0 heterocycles. The van der Waals surface area contributed by atoms with E-state index in [4.69, 9.17) is 10.6 Å². The Bertz CT molecular complexity index is 532. The third-order valence-electron chi connectivity index (χ3n) is 9.16. The van der Waals surface area contributed by atoms with Crippen molar-refractivity contribution in [1.29, 1.82) is 0 Å². The molecule has 0 aromatic rings. The standard InChI is InChI=1S/C22H38N2O/c1-15-17-7-6-16-18-5-4-10-21(18,2)11-8-19(16)22(17,3)12-9-20(15)24-25-14-13-23/h15-19H,4-14,23H2,1-3H3/b24-20+/t15-,16-,17?,18-,19-,21-,22-/m0/s1. The molecule has 1 unspecified atom stereocenters. The molecule has 142 valence electrons. The van der Waals surface area contributed by atoms with Crippen molar-refractivity contribution in [3.8, 4) is 0 Å². The van der Waals surface area contributed by atoms with Crippen LogP contribution in [0, 0.1) is 40.4 Å². The Morgan fingerprint density at radius 2 is 1.88 bits per heavy atom. The van der Waals surface area contributed by atoms with E-state index in [9.17, 15) is 0 Å². The van der Waals surface area contributed by atoms with Crippen molar-refractivity contribution in [2.24, 2.45) is 51.3 Å². The zero-order valence-corrected chi connectivity index (χ0v) is 16.6. The van der Waals surface area contributed by atoms with Gasteiger partial charge in [0.05, 0.1) is 5.71 Å². The first-order valence-corrected chi connectivity index (χ1v) is 10.9. The van der Waals surface area contributed by atoms with Crippen LogP contribution in [0.3, 0.4) is 0 Å². The molecule has 0 radical (unpaired) electrons. The fraction of sp³-hybridized carbons (Fsp3) is 0.955. The molecule has 0 aromatic carbocycles. The van der Waals surface area contributed by atoms with Gasteiger partial charge >= 0.3 is 0 Å². The lowest BCUT2D eigenvalue weighted by atomic mass is 9.44. The van der Waals surface area contributed by atoms with Crippen molar-refractivity contribution in [1.82, 2.24) is 0 Å². The van der Waals surface area contributed by atoms with Gasteiger partial charge in [0.2, 0.25) is 0 Å². The van der Waals surface area contributed by atoms with Crippen molar-refractivity contribution in [2.75, 3.05) is 13.2 Å². The van der Waals surface area contributed by atoms with Crippen molar-refractivity contribution < 1.29 is 4.84 Å². The van der Waals surface area contributed by atoms with Crippen molar-refractivity contribution >= 4 is 5.71 Å².